The molecule has 0 saturated carbocycles. The Morgan fingerprint density at radius 2 is 1.86 bits per heavy atom. The number of methoxy groups -OCH3 is 1. The zero-order valence-electron chi connectivity index (χ0n) is 18.8. The number of anilines is 1. The summed E-state index contributed by atoms with van der Waals surface area (Å²) >= 11 is 7.25. The normalized spacial score (nSPS) is 15.2. The summed E-state index contributed by atoms with van der Waals surface area (Å²) in [4.78, 5) is 65.1. The zero-order chi connectivity index (χ0) is 26.0. The van der Waals surface area contributed by atoms with Gasteiger partial charge >= 0.3 is 5.97 Å². The summed E-state index contributed by atoms with van der Waals surface area (Å²) in [6.45, 7) is 0.0196. The number of amides is 3. The predicted molar refractivity (Wildman–Crippen MR) is 131 cm³/mol. The van der Waals surface area contributed by atoms with Crippen LogP contribution in [0.25, 0.3) is 0 Å². The maximum Gasteiger partial charge on any atom is 0.337 e. The van der Waals surface area contributed by atoms with E-state index in [-0.39, 0.29) is 34.8 Å². The Kier molecular flexibility index (Phi) is 7.13. The first-order valence-corrected chi connectivity index (χ1v) is 11.8. The third kappa shape index (κ3) is 4.83. The summed E-state index contributed by atoms with van der Waals surface area (Å²) in [6, 6.07) is 11.8. The lowest BCUT2D eigenvalue weighted by Gasteiger charge is -2.27. The average Bonchev–Trinajstić information content (AvgIpc) is 3.49. The molecule has 36 heavy (non-hydrogen) atoms. The molecular formula is C24H18ClN3O7S. The van der Waals surface area contributed by atoms with Gasteiger partial charge in [0, 0.05) is 16.5 Å². The lowest BCUT2D eigenvalue weighted by Crippen LogP contribution is -2.45. The number of rotatable bonds is 7. The smallest absolute Gasteiger partial charge is 0.337 e. The van der Waals surface area contributed by atoms with E-state index in [0.717, 1.165) is 15.8 Å². The summed E-state index contributed by atoms with van der Waals surface area (Å²) in [7, 11) is 1.24. The van der Waals surface area contributed by atoms with E-state index in [2.05, 4.69) is 4.74 Å². The fraction of sp³-hybridized carbons (Fsp3) is 0.167. The quantitative estimate of drug-likeness (QED) is 0.196. The number of nitrogens with zero attached hydrogens (tertiary/aromatic N) is 3. The summed E-state index contributed by atoms with van der Waals surface area (Å²) in [6.07, 6.45) is -0.273. The first-order valence-electron chi connectivity index (χ1n) is 10.5. The van der Waals surface area contributed by atoms with E-state index < -0.39 is 40.3 Å². The summed E-state index contributed by atoms with van der Waals surface area (Å²) < 4.78 is 4.66. The number of hydrogen-bond donors (Lipinski definition) is 0. The van der Waals surface area contributed by atoms with Gasteiger partial charge in [0.2, 0.25) is 5.91 Å². The molecule has 184 valence electrons. The van der Waals surface area contributed by atoms with E-state index in [1.54, 1.807) is 12.1 Å². The minimum atomic E-state index is -1.14. The second-order valence-corrected chi connectivity index (χ2v) is 9.20. The highest BCUT2D eigenvalue weighted by Gasteiger charge is 2.44. The Morgan fingerprint density at radius 1 is 1.17 bits per heavy atom. The highest BCUT2D eigenvalue weighted by Crippen LogP contribution is 2.31. The van der Waals surface area contributed by atoms with Gasteiger partial charge in [0.15, 0.2) is 0 Å². The topological polar surface area (TPSA) is 127 Å². The molecule has 3 amide bonds. The van der Waals surface area contributed by atoms with E-state index in [0.29, 0.717) is 0 Å². The van der Waals surface area contributed by atoms with Crippen LogP contribution in [0.15, 0.2) is 60.0 Å². The molecule has 0 bridgehead atoms. The minimum Gasteiger partial charge on any atom is -0.465 e. The van der Waals surface area contributed by atoms with Crippen molar-refractivity contribution < 1.29 is 28.8 Å². The van der Waals surface area contributed by atoms with Crippen LogP contribution in [0.4, 0.5) is 11.4 Å². The van der Waals surface area contributed by atoms with Gasteiger partial charge in [-0.1, -0.05) is 17.7 Å². The maximum atomic E-state index is 13.5. The number of halogens is 1. The number of carbonyl (C=O) groups excluding carboxylic acids is 4. The number of esters is 1. The van der Waals surface area contributed by atoms with Crippen molar-refractivity contribution >= 4 is 58.0 Å². The number of benzene rings is 2. The van der Waals surface area contributed by atoms with Gasteiger partial charge in [0.25, 0.3) is 17.5 Å². The molecule has 1 fully saturated rings. The minimum absolute atomic E-state index is 0.0196. The van der Waals surface area contributed by atoms with E-state index in [1.165, 1.54) is 59.7 Å². The second-order valence-electron chi connectivity index (χ2n) is 7.76. The zero-order valence-corrected chi connectivity index (χ0v) is 20.3. The molecular weight excluding hydrogens is 510 g/mol. The fourth-order valence-corrected chi connectivity index (χ4v) is 4.73. The molecule has 1 saturated heterocycles. The van der Waals surface area contributed by atoms with Crippen LogP contribution in [-0.2, 0) is 20.9 Å². The van der Waals surface area contributed by atoms with E-state index in [9.17, 15) is 29.3 Å². The largest absolute Gasteiger partial charge is 0.465 e. The van der Waals surface area contributed by atoms with Gasteiger partial charge < -0.3 is 9.64 Å². The Morgan fingerprint density at radius 3 is 2.47 bits per heavy atom. The van der Waals surface area contributed by atoms with Crippen LogP contribution in [0, 0.1) is 10.1 Å². The Balaban J connectivity index is 1.67. The van der Waals surface area contributed by atoms with Gasteiger partial charge in [-0.15, -0.1) is 11.3 Å². The first kappa shape index (κ1) is 25.0. The van der Waals surface area contributed by atoms with Crippen LogP contribution in [0.2, 0.25) is 5.02 Å². The van der Waals surface area contributed by atoms with Crippen LogP contribution in [0.1, 0.15) is 32.0 Å². The Hall–Kier alpha value is -4.09. The van der Waals surface area contributed by atoms with Crippen LogP contribution in [0.3, 0.4) is 0 Å². The van der Waals surface area contributed by atoms with Crippen molar-refractivity contribution in [3.8, 4) is 0 Å². The number of nitro benzene ring substituents is 1. The maximum absolute atomic E-state index is 13.5. The van der Waals surface area contributed by atoms with Gasteiger partial charge in [-0.3, -0.25) is 24.5 Å². The van der Waals surface area contributed by atoms with Gasteiger partial charge in [-0.2, -0.15) is 0 Å². The van der Waals surface area contributed by atoms with Crippen molar-refractivity contribution in [3.63, 3.8) is 0 Å². The number of thiophene rings is 1. The van der Waals surface area contributed by atoms with Gasteiger partial charge in [0.05, 0.1) is 36.2 Å². The van der Waals surface area contributed by atoms with Crippen molar-refractivity contribution in [2.75, 3.05) is 12.0 Å². The molecule has 2 aromatic carbocycles. The number of imide groups is 1. The van der Waals surface area contributed by atoms with Crippen LogP contribution >= 0.6 is 22.9 Å². The second kappa shape index (κ2) is 10.3. The highest BCUT2D eigenvalue weighted by atomic mass is 35.5. The van der Waals surface area contributed by atoms with Crippen LogP contribution in [0.5, 0.6) is 0 Å². The molecule has 1 aliphatic rings. The van der Waals surface area contributed by atoms with Gasteiger partial charge in [-0.05, 0) is 47.8 Å². The van der Waals surface area contributed by atoms with Crippen molar-refractivity contribution in [1.82, 2.24) is 4.90 Å². The molecule has 0 N–H and O–H groups in total. The molecule has 0 radical (unpaired) electrons. The molecule has 10 nitrogen and oxygen atoms in total. The number of nitro groups is 1. The molecule has 1 aromatic heterocycles. The van der Waals surface area contributed by atoms with Crippen molar-refractivity contribution in [2.45, 2.75) is 19.0 Å². The summed E-state index contributed by atoms with van der Waals surface area (Å²) in [5.74, 6) is -2.37. The van der Waals surface area contributed by atoms with Crippen LogP contribution < -0.4 is 4.90 Å². The number of carbonyl (C=O) groups is 4. The molecule has 4 rings (SSSR count). The molecule has 1 aliphatic heterocycles. The summed E-state index contributed by atoms with van der Waals surface area (Å²) in [5, 5.41) is 13.0. The lowest BCUT2D eigenvalue weighted by atomic mass is 10.1. The Bertz CT molecular complexity index is 1360. The van der Waals surface area contributed by atoms with Crippen molar-refractivity contribution in [2.24, 2.45) is 0 Å². The molecule has 1 atom stereocenters. The average molecular weight is 528 g/mol. The predicted octanol–water partition coefficient (Wildman–Crippen LogP) is 4.07. The molecule has 1 unspecified atom stereocenters. The Labute approximate surface area is 213 Å². The summed E-state index contributed by atoms with van der Waals surface area (Å²) in [5.41, 5.74) is 0.00468. The highest BCUT2D eigenvalue weighted by molar-refractivity contribution is 7.09. The standard InChI is InChI=1S/C24H18ClN3O7S/c1-35-24(32)14-4-7-16(8-5-14)27-21(29)12-20(23(27)31)26(13-17-3-2-10-36-17)22(30)15-6-9-18(25)19(11-15)28(33)34/h2-11,20H,12-13H2,1H3. The lowest BCUT2D eigenvalue weighted by molar-refractivity contribution is -0.384. The van der Waals surface area contributed by atoms with E-state index >= 15 is 0 Å². The number of ether oxygens (including phenoxy) is 1. The molecule has 0 aliphatic carbocycles. The molecule has 2 heterocycles. The van der Waals surface area contributed by atoms with E-state index in [1.807, 2.05) is 5.38 Å². The number of hydrogen-bond acceptors (Lipinski definition) is 8. The molecule has 0 spiro atoms. The van der Waals surface area contributed by atoms with Crippen LogP contribution in [-0.4, -0.2) is 46.7 Å². The monoisotopic (exact) mass is 527 g/mol. The SMILES string of the molecule is COC(=O)c1ccc(N2C(=O)CC(N(Cc3cccs3)C(=O)c3ccc(Cl)c([N+](=O)[O-])c3)C2=O)cc1. The molecule has 3 aromatic rings. The van der Waals surface area contributed by atoms with Crippen molar-refractivity contribution in [3.05, 3.63) is 91.1 Å². The third-order valence-electron chi connectivity index (χ3n) is 5.60. The fourth-order valence-electron chi connectivity index (χ4n) is 3.84. The van der Waals surface area contributed by atoms with Gasteiger partial charge in [-0.25, -0.2) is 9.69 Å². The van der Waals surface area contributed by atoms with Gasteiger partial charge in [0.1, 0.15) is 11.1 Å². The van der Waals surface area contributed by atoms with Crippen molar-refractivity contribution in [1.29, 1.82) is 0 Å². The third-order valence-corrected chi connectivity index (χ3v) is 6.78. The first-order chi connectivity index (χ1) is 17.2. The molecule has 12 heteroatoms. The van der Waals surface area contributed by atoms with E-state index in [4.69, 9.17) is 11.6 Å².